The summed E-state index contributed by atoms with van der Waals surface area (Å²) < 4.78 is 0. The number of pyridine rings is 2. The van der Waals surface area contributed by atoms with Crippen LogP contribution in [0.5, 0.6) is 0 Å². The Morgan fingerprint density at radius 1 is 0.760 bits per heavy atom. The number of aromatic nitrogens is 2. The third kappa shape index (κ3) is 7.10. The fraction of sp³-hybridized carbons (Fsp3) is 0.364. The molecule has 0 saturated carbocycles. The van der Waals surface area contributed by atoms with Gasteiger partial charge < -0.3 is 5.32 Å². The number of nitrogens with one attached hydrogen (secondary N) is 1. The molecule has 0 aliphatic rings. The lowest BCUT2D eigenvalue weighted by Crippen LogP contribution is -1.93. The van der Waals surface area contributed by atoms with Crippen molar-refractivity contribution >= 4 is 11.4 Å². The van der Waals surface area contributed by atoms with Gasteiger partial charge in [0.25, 0.3) is 0 Å². The maximum absolute atomic E-state index is 4.37. The molecule has 0 radical (unpaired) electrons. The molecule has 0 aliphatic heterocycles. The summed E-state index contributed by atoms with van der Waals surface area (Å²) in [4.78, 5) is 8.74. The van der Waals surface area contributed by atoms with Gasteiger partial charge in [0.1, 0.15) is 11.4 Å². The zero-order valence-electron chi connectivity index (χ0n) is 15.1. The molecule has 3 nitrogen and oxygen atoms in total. The molecule has 2 aromatic rings. The fourth-order valence-corrected chi connectivity index (χ4v) is 2.09. The number of anilines is 2. The van der Waals surface area contributed by atoms with Gasteiger partial charge in [-0.25, -0.2) is 9.97 Å². The number of unbranched alkanes of at least 4 members (excludes halogenated alkanes) is 4. The Morgan fingerprint density at radius 3 is 1.60 bits per heavy atom. The van der Waals surface area contributed by atoms with Crippen LogP contribution in [-0.4, -0.2) is 9.97 Å². The van der Waals surface area contributed by atoms with Gasteiger partial charge in [-0.2, -0.15) is 0 Å². The zero-order chi connectivity index (χ0) is 17.7. The van der Waals surface area contributed by atoms with Crippen molar-refractivity contribution in [2.45, 2.75) is 52.4 Å². The molecule has 128 valence electrons. The van der Waals surface area contributed by atoms with Crippen LogP contribution in [0.2, 0.25) is 0 Å². The van der Waals surface area contributed by atoms with Crippen molar-refractivity contribution in [3.8, 4) is 23.7 Å². The van der Waals surface area contributed by atoms with E-state index in [1.807, 2.05) is 24.3 Å². The summed E-state index contributed by atoms with van der Waals surface area (Å²) in [6.07, 6.45) is 10.1. The van der Waals surface area contributed by atoms with E-state index in [9.17, 15) is 0 Å². The lowest BCUT2D eigenvalue weighted by Gasteiger charge is -2.05. The Bertz CT molecular complexity index is 686. The number of nitrogens with zero attached hydrogens (tertiary/aromatic N) is 2. The minimum absolute atomic E-state index is 0.803. The highest BCUT2D eigenvalue weighted by molar-refractivity contribution is 5.58. The van der Waals surface area contributed by atoms with Gasteiger partial charge in [0, 0.05) is 12.8 Å². The largest absolute Gasteiger partial charge is 0.353 e. The summed E-state index contributed by atoms with van der Waals surface area (Å²) in [6.45, 7) is 4.33. The monoisotopic (exact) mass is 331 g/mol. The Hall–Kier alpha value is -2.78. The standard InChI is InChI=1S/C22H25N3/c1-3-5-7-9-11-19-13-15-21(17-23-19)25-22-16-14-20(24-18-22)12-10-8-6-4-2/h13-18,25H,3-8H2,1-2H3. The van der Waals surface area contributed by atoms with Crippen LogP contribution >= 0.6 is 0 Å². The molecule has 0 bridgehead atoms. The normalized spacial score (nSPS) is 9.52. The molecular weight excluding hydrogens is 306 g/mol. The highest BCUT2D eigenvalue weighted by Gasteiger charge is 1.97. The van der Waals surface area contributed by atoms with Crippen molar-refractivity contribution in [2.24, 2.45) is 0 Å². The molecule has 0 amide bonds. The van der Waals surface area contributed by atoms with Crippen molar-refractivity contribution in [1.82, 2.24) is 9.97 Å². The van der Waals surface area contributed by atoms with Crippen molar-refractivity contribution < 1.29 is 0 Å². The third-order valence-electron chi connectivity index (χ3n) is 3.56. The van der Waals surface area contributed by atoms with E-state index in [-0.39, 0.29) is 0 Å². The van der Waals surface area contributed by atoms with Crippen LogP contribution in [0.25, 0.3) is 0 Å². The fourth-order valence-electron chi connectivity index (χ4n) is 2.09. The molecule has 1 N–H and O–H groups in total. The van der Waals surface area contributed by atoms with Crippen LogP contribution < -0.4 is 5.32 Å². The molecule has 0 aliphatic carbocycles. The molecule has 0 saturated heterocycles. The molecule has 2 aromatic heterocycles. The molecular formula is C22H25N3. The lowest BCUT2D eigenvalue weighted by atomic mass is 10.2. The average Bonchev–Trinajstić information content (AvgIpc) is 2.65. The summed E-state index contributed by atoms with van der Waals surface area (Å²) >= 11 is 0. The Balaban J connectivity index is 1.90. The highest BCUT2D eigenvalue weighted by atomic mass is 14.9. The van der Waals surface area contributed by atoms with Crippen molar-refractivity contribution in [3.05, 3.63) is 48.0 Å². The maximum atomic E-state index is 4.37. The Labute approximate surface area is 151 Å². The molecule has 0 aromatic carbocycles. The summed E-state index contributed by atoms with van der Waals surface area (Å²) in [5, 5.41) is 3.29. The molecule has 0 spiro atoms. The summed E-state index contributed by atoms with van der Waals surface area (Å²) in [5.41, 5.74) is 3.44. The minimum Gasteiger partial charge on any atom is -0.353 e. The SMILES string of the molecule is CCCCC#Cc1ccc(Nc2ccc(C#CCCCC)nc2)cn1. The number of hydrogen-bond acceptors (Lipinski definition) is 3. The minimum atomic E-state index is 0.803. The second-order valence-corrected chi connectivity index (χ2v) is 5.80. The molecule has 2 heterocycles. The average molecular weight is 331 g/mol. The van der Waals surface area contributed by atoms with Crippen LogP contribution in [-0.2, 0) is 0 Å². The predicted molar refractivity (Wildman–Crippen MR) is 105 cm³/mol. The van der Waals surface area contributed by atoms with E-state index in [0.717, 1.165) is 48.4 Å². The van der Waals surface area contributed by atoms with Crippen LogP contribution in [0.4, 0.5) is 11.4 Å². The Morgan fingerprint density at radius 2 is 1.24 bits per heavy atom. The van der Waals surface area contributed by atoms with Crippen molar-refractivity contribution in [2.75, 3.05) is 5.32 Å². The number of hydrogen-bond donors (Lipinski definition) is 1. The molecule has 0 unspecified atom stereocenters. The van der Waals surface area contributed by atoms with Crippen LogP contribution in [0.15, 0.2) is 36.7 Å². The van der Waals surface area contributed by atoms with Crippen LogP contribution in [0.1, 0.15) is 63.8 Å². The first kappa shape index (κ1) is 18.6. The van der Waals surface area contributed by atoms with E-state index < -0.39 is 0 Å². The van der Waals surface area contributed by atoms with Gasteiger partial charge in [-0.15, -0.1) is 0 Å². The van der Waals surface area contributed by atoms with Gasteiger partial charge in [0.05, 0.1) is 23.8 Å². The molecule has 0 fully saturated rings. The van der Waals surface area contributed by atoms with E-state index >= 15 is 0 Å². The van der Waals surface area contributed by atoms with Gasteiger partial charge in [-0.1, -0.05) is 38.5 Å². The predicted octanol–water partition coefficient (Wildman–Crippen LogP) is 5.30. The van der Waals surface area contributed by atoms with E-state index in [4.69, 9.17) is 0 Å². The van der Waals surface area contributed by atoms with E-state index in [2.05, 4.69) is 52.8 Å². The van der Waals surface area contributed by atoms with Gasteiger partial charge >= 0.3 is 0 Å². The first-order valence-electron chi connectivity index (χ1n) is 8.98. The maximum Gasteiger partial charge on any atom is 0.113 e. The first-order chi connectivity index (χ1) is 12.3. The van der Waals surface area contributed by atoms with E-state index in [1.54, 1.807) is 12.4 Å². The lowest BCUT2D eigenvalue weighted by molar-refractivity contribution is 0.828. The molecule has 25 heavy (non-hydrogen) atoms. The van der Waals surface area contributed by atoms with Crippen LogP contribution in [0.3, 0.4) is 0 Å². The molecule has 0 atom stereocenters. The van der Waals surface area contributed by atoms with Gasteiger partial charge in [-0.05, 0) is 48.9 Å². The number of rotatable bonds is 6. The molecule has 2 rings (SSSR count). The second kappa shape index (κ2) is 10.9. The van der Waals surface area contributed by atoms with Gasteiger partial charge in [0.2, 0.25) is 0 Å². The third-order valence-corrected chi connectivity index (χ3v) is 3.56. The summed E-state index contributed by atoms with van der Waals surface area (Å²) in [7, 11) is 0. The van der Waals surface area contributed by atoms with E-state index in [0.29, 0.717) is 0 Å². The second-order valence-electron chi connectivity index (χ2n) is 5.80. The van der Waals surface area contributed by atoms with E-state index in [1.165, 1.54) is 12.8 Å². The first-order valence-corrected chi connectivity index (χ1v) is 8.98. The smallest absolute Gasteiger partial charge is 0.113 e. The van der Waals surface area contributed by atoms with Gasteiger partial charge in [-0.3, -0.25) is 0 Å². The Kier molecular flexibility index (Phi) is 8.09. The van der Waals surface area contributed by atoms with Gasteiger partial charge in [0.15, 0.2) is 0 Å². The van der Waals surface area contributed by atoms with Crippen molar-refractivity contribution in [3.63, 3.8) is 0 Å². The highest BCUT2D eigenvalue weighted by Crippen LogP contribution is 2.15. The zero-order valence-corrected chi connectivity index (χ0v) is 15.1. The van der Waals surface area contributed by atoms with Crippen LogP contribution in [0, 0.1) is 23.7 Å². The summed E-state index contributed by atoms with van der Waals surface area (Å²) in [5.74, 6) is 12.5. The molecule has 3 heteroatoms. The summed E-state index contributed by atoms with van der Waals surface area (Å²) in [6, 6.07) is 7.83. The topological polar surface area (TPSA) is 37.8 Å². The van der Waals surface area contributed by atoms with Crippen molar-refractivity contribution in [1.29, 1.82) is 0 Å². The quantitative estimate of drug-likeness (QED) is 0.576.